The van der Waals surface area contributed by atoms with Crippen LogP contribution in [0.25, 0.3) is 0 Å². The Morgan fingerprint density at radius 3 is 2.67 bits per heavy atom. The third-order valence-electron chi connectivity index (χ3n) is 3.75. The number of carbonyl (C=O) groups excluding carboxylic acids is 2. The molecule has 6 heteroatoms. The molecule has 2 N–H and O–H groups in total. The number of carbonyl (C=O) groups is 2. The Morgan fingerprint density at radius 1 is 1.33 bits per heavy atom. The first kappa shape index (κ1) is 15.3. The van der Waals surface area contributed by atoms with Gasteiger partial charge < -0.3 is 15.0 Å². The van der Waals surface area contributed by atoms with Crippen LogP contribution in [0.4, 0.5) is 0 Å². The summed E-state index contributed by atoms with van der Waals surface area (Å²) in [6, 6.07) is 1.33. The van der Waals surface area contributed by atoms with Gasteiger partial charge in [-0.25, -0.2) is 0 Å². The lowest BCUT2D eigenvalue weighted by atomic mass is 9.86. The number of ether oxygens (including phenoxy) is 1. The minimum atomic E-state index is -0.364. The van der Waals surface area contributed by atoms with E-state index in [1.54, 1.807) is 6.92 Å². The monoisotopic (exact) mass is 292 g/mol. The van der Waals surface area contributed by atoms with E-state index in [2.05, 4.69) is 10.3 Å². The fourth-order valence-electron chi connectivity index (χ4n) is 2.59. The average Bonchev–Trinajstić information content (AvgIpc) is 2.48. The van der Waals surface area contributed by atoms with Gasteiger partial charge in [0.25, 0.3) is 5.91 Å². The molecule has 2 rings (SSSR count). The number of aromatic nitrogens is 1. The van der Waals surface area contributed by atoms with Gasteiger partial charge in [-0.05, 0) is 32.6 Å². The summed E-state index contributed by atoms with van der Waals surface area (Å²) >= 11 is 0. The van der Waals surface area contributed by atoms with E-state index < -0.39 is 0 Å². The maximum Gasteiger partial charge on any atom is 0.308 e. The van der Waals surface area contributed by atoms with Crippen molar-refractivity contribution in [3.63, 3.8) is 0 Å². The summed E-state index contributed by atoms with van der Waals surface area (Å²) in [5.74, 6) is -0.587. The van der Waals surface area contributed by atoms with E-state index in [1.165, 1.54) is 18.5 Å². The van der Waals surface area contributed by atoms with E-state index in [-0.39, 0.29) is 34.8 Å². The van der Waals surface area contributed by atoms with Crippen molar-refractivity contribution in [3.8, 4) is 0 Å². The second kappa shape index (κ2) is 7.06. The van der Waals surface area contributed by atoms with Crippen molar-refractivity contribution < 1.29 is 14.3 Å². The minimum absolute atomic E-state index is 0.00258. The molecule has 0 aromatic carbocycles. The molecular formula is C15H20N2O4. The summed E-state index contributed by atoms with van der Waals surface area (Å²) in [6.45, 7) is 2.19. The zero-order chi connectivity index (χ0) is 15.2. The van der Waals surface area contributed by atoms with E-state index >= 15 is 0 Å². The van der Waals surface area contributed by atoms with Crippen LogP contribution in [0.1, 0.15) is 43.0 Å². The molecule has 1 aliphatic rings. The van der Waals surface area contributed by atoms with Crippen LogP contribution >= 0.6 is 0 Å². The number of nitrogens with one attached hydrogen (secondary N) is 2. The van der Waals surface area contributed by atoms with Crippen molar-refractivity contribution in [1.29, 1.82) is 0 Å². The normalized spacial score (nSPS) is 21.6. The SMILES string of the molecule is CCOC(=O)C1CCC(NC(=O)c2c[nH]ccc2=O)CC1. The van der Waals surface area contributed by atoms with E-state index in [1.807, 2.05) is 0 Å². The molecule has 1 aromatic heterocycles. The smallest absolute Gasteiger partial charge is 0.308 e. The fourth-order valence-corrected chi connectivity index (χ4v) is 2.59. The number of aromatic amines is 1. The predicted octanol–water partition coefficient (Wildman–Crippen LogP) is 1.23. The molecule has 0 saturated heterocycles. The fraction of sp³-hybridized carbons (Fsp3) is 0.533. The zero-order valence-electron chi connectivity index (χ0n) is 12.1. The summed E-state index contributed by atoms with van der Waals surface area (Å²) < 4.78 is 5.01. The molecule has 114 valence electrons. The highest BCUT2D eigenvalue weighted by atomic mass is 16.5. The molecule has 0 spiro atoms. The van der Waals surface area contributed by atoms with Crippen LogP contribution in [0, 0.1) is 5.92 Å². The first-order valence-electron chi connectivity index (χ1n) is 7.26. The number of hydrogen-bond acceptors (Lipinski definition) is 4. The number of amides is 1. The van der Waals surface area contributed by atoms with Crippen molar-refractivity contribution in [2.75, 3.05) is 6.61 Å². The summed E-state index contributed by atoms with van der Waals surface area (Å²) in [7, 11) is 0. The lowest BCUT2D eigenvalue weighted by Crippen LogP contribution is -2.40. The molecule has 6 nitrogen and oxygen atoms in total. The molecule has 0 radical (unpaired) electrons. The van der Waals surface area contributed by atoms with Crippen LogP contribution in [0.5, 0.6) is 0 Å². The highest BCUT2D eigenvalue weighted by molar-refractivity contribution is 5.93. The van der Waals surface area contributed by atoms with Crippen molar-refractivity contribution in [1.82, 2.24) is 10.3 Å². The van der Waals surface area contributed by atoms with Gasteiger partial charge in [0, 0.05) is 24.5 Å². The molecule has 0 unspecified atom stereocenters. The van der Waals surface area contributed by atoms with Gasteiger partial charge in [0.1, 0.15) is 5.56 Å². The minimum Gasteiger partial charge on any atom is -0.466 e. The average molecular weight is 292 g/mol. The zero-order valence-corrected chi connectivity index (χ0v) is 12.1. The molecule has 0 aliphatic heterocycles. The quantitative estimate of drug-likeness (QED) is 0.817. The van der Waals surface area contributed by atoms with Crippen LogP contribution in [0.3, 0.4) is 0 Å². The Hall–Kier alpha value is -2.11. The van der Waals surface area contributed by atoms with E-state index in [9.17, 15) is 14.4 Å². The van der Waals surface area contributed by atoms with Gasteiger partial charge in [-0.1, -0.05) is 0 Å². The lowest BCUT2D eigenvalue weighted by Gasteiger charge is -2.27. The van der Waals surface area contributed by atoms with E-state index in [0.29, 0.717) is 19.4 Å². The summed E-state index contributed by atoms with van der Waals surface area (Å²) in [5.41, 5.74) is -0.184. The first-order valence-corrected chi connectivity index (χ1v) is 7.26. The Kier molecular flexibility index (Phi) is 5.14. The number of pyridine rings is 1. The number of esters is 1. The van der Waals surface area contributed by atoms with Crippen molar-refractivity contribution >= 4 is 11.9 Å². The Bertz CT molecular complexity index is 559. The molecule has 1 aliphatic carbocycles. The molecule has 1 amide bonds. The predicted molar refractivity (Wildman–Crippen MR) is 76.9 cm³/mol. The van der Waals surface area contributed by atoms with Crippen molar-refractivity contribution in [2.45, 2.75) is 38.6 Å². The molecular weight excluding hydrogens is 272 g/mol. The molecule has 1 heterocycles. The third kappa shape index (κ3) is 3.93. The summed E-state index contributed by atoms with van der Waals surface area (Å²) in [4.78, 5) is 38.0. The second-order valence-electron chi connectivity index (χ2n) is 5.20. The van der Waals surface area contributed by atoms with Crippen molar-refractivity contribution in [3.05, 3.63) is 34.2 Å². The summed E-state index contributed by atoms with van der Waals surface area (Å²) in [6.07, 6.45) is 5.75. The largest absolute Gasteiger partial charge is 0.466 e. The van der Waals surface area contributed by atoms with Crippen LogP contribution in [-0.4, -0.2) is 29.5 Å². The van der Waals surface area contributed by atoms with Crippen LogP contribution in [0.15, 0.2) is 23.3 Å². The van der Waals surface area contributed by atoms with Crippen LogP contribution in [-0.2, 0) is 9.53 Å². The Labute approximate surface area is 122 Å². The lowest BCUT2D eigenvalue weighted by molar-refractivity contribution is -0.149. The van der Waals surface area contributed by atoms with Gasteiger partial charge in [-0.3, -0.25) is 14.4 Å². The van der Waals surface area contributed by atoms with Gasteiger partial charge in [-0.15, -0.1) is 0 Å². The molecule has 1 saturated carbocycles. The molecule has 0 bridgehead atoms. The number of H-pyrrole nitrogens is 1. The summed E-state index contributed by atoms with van der Waals surface area (Å²) in [5, 5.41) is 2.86. The maximum absolute atomic E-state index is 12.0. The first-order chi connectivity index (χ1) is 10.1. The Morgan fingerprint density at radius 2 is 2.05 bits per heavy atom. The van der Waals surface area contributed by atoms with Gasteiger partial charge >= 0.3 is 5.97 Å². The van der Waals surface area contributed by atoms with Crippen molar-refractivity contribution in [2.24, 2.45) is 5.92 Å². The Balaban J connectivity index is 1.86. The van der Waals surface area contributed by atoms with Gasteiger partial charge in [0.2, 0.25) is 0 Å². The molecule has 21 heavy (non-hydrogen) atoms. The topological polar surface area (TPSA) is 88.3 Å². The number of hydrogen-bond donors (Lipinski definition) is 2. The van der Waals surface area contributed by atoms with Crippen LogP contribution in [0.2, 0.25) is 0 Å². The highest BCUT2D eigenvalue weighted by Crippen LogP contribution is 2.25. The third-order valence-corrected chi connectivity index (χ3v) is 3.75. The molecule has 1 aromatic rings. The van der Waals surface area contributed by atoms with E-state index in [4.69, 9.17) is 4.74 Å². The highest BCUT2D eigenvalue weighted by Gasteiger charge is 2.28. The second-order valence-corrected chi connectivity index (χ2v) is 5.20. The van der Waals surface area contributed by atoms with E-state index in [0.717, 1.165) is 12.8 Å². The molecule has 0 atom stereocenters. The van der Waals surface area contributed by atoms with Crippen LogP contribution < -0.4 is 10.7 Å². The molecule has 1 fully saturated rings. The maximum atomic E-state index is 12.0. The van der Waals surface area contributed by atoms with Gasteiger partial charge in [0.15, 0.2) is 5.43 Å². The number of rotatable bonds is 4. The van der Waals surface area contributed by atoms with Gasteiger partial charge in [-0.2, -0.15) is 0 Å². The van der Waals surface area contributed by atoms with Gasteiger partial charge in [0.05, 0.1) is 12.5 Å². The standard InChI is InChI=1S/C15H20N2O4/c1-2-21-15(20)10-3-5-11(6-4-10)17-14(19)12-9-16-8-7-13(12)18/h7-11H,2-6H2,1H3,(H,16,18)(H,17,19).